The predicted molar refractivity (Wildman–Crippen MR) is 58.6 cm³/mol. The molecule has 2 fully saturated rings. The van der Waals surface area contributed by atoms with E-state index in [1.54, 1.807) is 12.1 Å². The second kappa shape index (κ2) is 3.18. The Morgan fingerprint density at radius 3 is 2.69 bits per heavy atom. The van der Waals surface area contributed by atoms with Crippen molar-refractivity contribution in [2.24, 2.45) is 5.41 Å². The summed E-state index contributed by atoms with van der Waals surface area (Å²) >= 11 is 0. The van der Waals surface area contributed by atoms with Gasteiger partial charge in [-0.05, 0) is 6.07 Å². The molecular formula is C11H12N2O3. The van der Waals surface area contributed by atoms with Crippen molar-refractivity contribution in [1.82, 2.24) is 0 Å². The Kier molecular flexibility index (Phi) is 1.91. The van der Waals surface area contributed by atoms with E-state index in [1.165, 1.54) is 6.07 Å². The molecule has 84 valence electrons. The van der Waals surface area contributed by atoms with Crippen LogP contribution in [0.1, 0.15) is 0 Å². The highest BCUT2D eigenvalue weighted by Gasteiger charge is 2.49. The minimum atomic E-state index is -0.356. The van der Waals surface area contributed by atoms with E-state index in [0.717, 1.165) is 32.0 Å². The topological polar surface area (TPSA) is 55.6 Å². The van der Waals surface area contributed by atoms with Gasteiger partial charge in [-0.2, -0.15) is 0 Å². The first-order valence-electron chi connectivity index (χ1n) is 5.26. The van der Waals surface area contributed by atoms with Crippen molar-refractivity contribution < 1.29 is 9.66 Å². The van der Waals surface area contributed by atoms with Crippen LogP contribution >= 0.6 is 0 Å². The monoisotopic (exact) mass is 220 g/mol. The molecule has 2 aliphatic rings. The molecule has 0 amide bonds. The standard InChI is InChI=1S/C11H12N2O3/c14-13(15)10-3-1-2-9(4-10)12-5-11(6-12)7-16-8-11/h1-4H,5-8H2. The number of anilines is 1. The van der Waals surface area contributed by atoms with Gasteiger partial charge >= 0.3 is 0 Å². The fraction of sp³-hybridized carbons (Fsp3) is 0.455. The molecule has 5 heteroatoms. The molecule has 2 aliphatic heterocycles. The summed E-state index contributed by atoms with van der Waals surface area (Å²) in [6.07, 6.45) is 0. The van der Waals surface area contributed by atoms with Gasteiger partial charge in [0.15, 0.2) is 0 Å². The van der Waals surface area contributed by atoms with Gasteiger partial charge in [0.25, 0.3) is 5.69 Å². The summed E-state index contributed by atoms with van der Waals surface area (Å²) in [4.78, 5) is 12.5. The van der Waals surface area contributed by atoms with Gasteiger partial charge in [0.2, 0.25) is 0 Å². The first-order valence-corrected chi connectivity index (χ1v) is 5.26. The third-order valence-corrected chi connectivity index (χ3v) is 3.27. The fourth-order valence-electron chi connectivity index (χ4n) is 2.32. The normalized spacial score (nSPS) is 21.4. The van der Waals surface area contributed by atoms with Crippen LogP contribution in [-0.2, 0) is 4.74 Å². The third-order valence-electron chi connectivity index (χ3n) is 3.27. The maximum Gasteiger partial charge on any atom is 0.271 e. The van der Waals surface area contributed by atoms with E-state index in [4.69, 9.17) is 4.74 Å². The SMILES string of the molecule is O=[N+]([O-])c1cccc(N2CC3(COC3)C2)c1. The predicted octanol–water partition coefficient (Wildman–Crippen LogP) is 1.43. The van der Waals surface area contributed by atoms with Gasteiger partial charge in [-0.3, -0.25) is 10.1 Å². The summed E-state index contributed by atoms with van der Waals surface area (Å²) in [6.45, 7) is 3.57. The lowest BCUT2D eigenvalue weighted by molar-refractivity contribution is -0.384. The lowest BCUT2D eigenvalue weighted by Crippen LogP contribution is -2.66. The number of nitro groups is 1. The molecule has 0 saturated carbocycles. The zero-order chi connectivity index (χ0) is 11.2. The summed E-state index contributed by atoms with van der Waals surface area (Å²) in [5.41, 5.74) is 1.43. The van der Waals surface area contributed by atoms with Crippen molar-refractivity contribution in [3.05, 3.63) is 34.4 Å². The maximum atomic E-state index is 10.6. The van der Waals surface area contributed by atoms with Crippen LogP contribution in [0.25, 0.3) is 0 Å². The van der Waals surface area contributed by atoms with E-state index in [2.05, 4.69) is 4.90 Å². The molecule has 3 rings (SSSR count). The number of rotatable bonds is 2. The number of nitrogens with zero attached hydrogens (tertiary/aromatic N) is 2. The average molecular weight is 220 g/mol. The number of non-ortho nitro benzene ring substituents is 1. The molecule has 0 bridgehead atoms. The van der Waals surface area contributed by atoms with Gasteiger partial charge in [0.05, 0.1) is 23.6 Å². The van der Waals surface area contributed by atoms with E-state index < -0.39 is 0 Å². The Morgan fingerprint density at radius 1 is 1.38 bits per heavy atom. The van der Waals surface area contributed by atoms with Gasteiger partial charge in [-0.1, -0.05) is 6.07 Å². The zero-order valence-corrected chi connectivity index (χ0v) is 8.76. The molecule has 0 aliphatic carbocycles. The highest BCUT2D eigenvalue weighted by molar-refractivity contribution is 5.55. The molecule has 1 aromatic carbocycles. The maximum absolute atomic E-state index is 10.6. The Balaban J connectivity index is 1.75. The first kappa shape index (κ1) is 9.59. The Morgan fingerprint density at radius 2 is 2.12 bits per heavy atom. The van der Waals surface area contributed by atoms with Crippen LogP contribution < -0.4 is 4.90 Å². The number of ether oxygens (including phenoxy) is 1. The third kappa shape index (κ3) is 1.36. The lowest BCUT2D eigenvalue weighted by Gasteiger charge is -2.55. The Bertz CT molecular complexity index is 435. The molecule has 0 aromatic heterocycles. The van der Waals surface area contributed by atoms with Crippen molar-refractivity contribution in [3.63, 3.8) is 0 Å². The molecule has 0 radical (unpaired) electrons. The molecule has 0 unspecified atom stereocenters. The van der Waals surface area contributed by atoms with Crippen LogP contribution in [0.3, 0.4) is 0 Å². The van der Waals surface area contributed by atoms with Crippen LogP contribution in [0.15, 0.2) is 24.3 Å². The van der Waals surface area contributed by atoms with Crippen molar-refractivity contribution in [1.29, 1.82) is 0 Å². The molecule has 1 spiro atoms. The van der Waals surface area contributed by atoms with Gasteiger partial charge in [0, 0.05) is 30.9 Å². The second-order valence-electron chi connectivity index (χ2n) is 4.63. The molecule has 5 nitrogen and oxygen atoms in total. The summed E-state index contributed by atoms with van der Waals surface area (Å²) < 4.78 is 5.19. The number of hydrogen-bond donors (Lipinski definition) is 0. The number of benzene rings is 1. The Hall–Kier alpha value is -1.62. The fourth-order valence-corrected chi connectivity index (χ4v) is 2.32. The van der Waals surface area contributed by atoms with Crippen molar-refractivity contribution >= 4 is 11.4 Å². The minimum absolute atomic E-state index is 0.156. The summed E-state index contributed by atoms with van der Waals surface area (Å²) in [6, 6.07) is 6.80. The van der Waals surface area contributed by atoms with Crippen LogP contribution in [0.4, 0.5) is 11.4 Å². The molecule has 16 heavy (non-hydrogen) atoms. The summed E-state index contributed by atoms with van der Waals surface area (Å²) in [5.74, 6) is 0. The second-order valence-corrected chi connectivity index (χ2v) is 4.63. The van der Waals surface area contributed by atoms with Crippen molar-refractivity contribution in [2.75, 3.05) is 31.2 Å². The Labute approximate surface area is 92.8 Å². The van der Waals surface area contributed by atoms with Crippen LogP contribution in [-0.4, -0.2) is 31.2 Å². The van der Waals surface area contributed by atoms with E-state index in [-0.39, 0.29) is 10.6 Å². The largest absolute Gasteiger partial charge is 0.380 e. The average Bonchev–Trinajstić information content (AvgIpc) is 2.14. The molecule has 0 N–H and O–H groups in total. The molecule has 0 atom stereocenters. The van der Waals surface area contributed by atoms with Gasteiger partial charge < -0.3 is 9.64 Å². The number of nitro benzene ring substituents is 1. The highest BCUT2D eigenvalue weighted by atomic mass is 16.6. The van der Waals surface area contributed by atoms with Gasteiger partial charge in [-0.25, -0.2) is 0 Å². The lowest BCUT2D eigenvalue weighted by atomic mass is 9.78. The summed E-state index contributed by atoms with van der Waals surface area (Å²) in [5, 5.41) is 10.6. The van der Waals surface area contributed by atoms with Gasteiger partial charge in [-0.15, -0.1) is 0 Å². The zero-order valence-electron chi connectivity index (χ0n) is 8.76. The molecular weight excluding hydrogens is 208 g/mol. The number of hydrogen-bond acceptors (Lipinski definition) is 4. The van der Waals surface area contributed by atoms with E-state index in [9.17, 15) is 10.1 Å². The highest BCUT2D eigenvalue weighted by Crippen LogP contribution is 2.40. The van der Waals surface area contributed by atoms with Gasteiger partial charge in [0.1, 0.15) is 0 Å². The molecule has 1 aromatic rings. The van der Waals surface area contributed by atoms with Crippen molar-refractivity contribution in [3.8, 4) is 0 Å². The summed E-state index contributed by atoms with van der Waals surface area (Å²) in [7, 11) is 0. The van der Waals surface area contributed by atoms with Crippen LogP contribution in [0, 0.1) is 15.5 Å². The minimum Gasteiger partial charge on any atom is -0.380 e. The quantitative estimate of drug-likeness (QED) is 0.559. The molecule has 2 saturated heterocycles. The van der Waals surface area contributed by atoms with Crippen LogP contribution in [0.5, 0.6) is 0 Å². The smallest absolute Gasteiger partial charge is 0.271 e. The first-order chi connectivity index (χ1) is 7.69. The van der Waals surface area contributed by atoms with E-state index in [1.807, 2.05) is 6.07 Å². The molecule has 2 heterocycles. The van der Waals surface area contributed by atoms with Crippen LogP contribution in [0.2, 0.25) is 0 Å². The van der Waals surface area contributed by atoms with E-state index >= 15 is 0 Å². The van der Waals surface area contributed by atoms with Crippen molar-refractivity contribution in [2.45, 2.75) is 0 Å². The van der Waals surface area contributed by atoms with E-state index in [0.29, 0.717) is 5.41 Å².